The summed E-state index contributed by atoms with van der Waals surface area (Å²) in [6.45, 7) is 2.49. The number of hydrogen-bond donors (Lipinski definition) is 4. The lowest BCUT2D eigenvalue weighted by Gasteiger charge is -2.24. The van der Waals surface area contributed by atoms with E-state index < -0.39 is 36.3 Å². The normalized spacial score (nSPS) is 23.7. The lowest BCUT2D eigenvalue weighted by Crippen LogP contribution is -2.47. The molecule has 4 N–H and O–H groups in total. The Hall–Kier alpha value is -3.86. The summed E-state index contributed by atoms with van der Waals surface area (Å²) in [5, 5.41) is 18.1. The fraction of sp³-hybridized carbons (Fsp3) is 0.407. The number of aliphatic carboxylic acids is 1. The highest BCUT2D eigenvalue weighted by atomic mass is 19.3. The van der Waals surface area contributed by atoms with Crippen LogP contribution >= 0.6 is 0 Å². The Morgan fingerprint density at radius 3 is 2.47 bits per heavy atom. The van der Waals surface area contributed by atoms with Gasteiger partial charge in [-0.05, 0) is 36.1 Å². The molecule has 1 aliphatic heterocycles. The topological polar surface area (TPSA) is 128 Å². The standard InChI is InChI=1S/C27H28F2N4O5/c1-15(34)31-9-8-30-14-26-11-21(25(37)38)33(22(26)12-26)23(35)13-32-24(36)16-6-7-20-18(10-16)17-4-2-3-5-19(17)27(20,28)29/h2-7,10,21-22,30H,8-9,11-14H2,1H3,(H,31,34)(H,32,36)(H,37,38)/t21-,22-,26+/m0/s1. The van der Waals surface area contributed by atoms with Crippen LogP contribution in [-0.4, -0.2) is 72.0 Å². The molecular weight excluding hydrogens is 498 g/mol. The predicted molar refractivity (Wildman–Crippen MR) is 132 cm³/mol. The van der Waals surface area contributed by atoms with Gasteiger partial charge in [-0.15, -0.1) is 0 Å². The zero-order valence-electron chi connectivity index (χ0n) is 20.7. The number of nitrogens with one attached hydrogen (secondary N) is 3. The Balaban J connectivity index is 1.22. The van der Waals surface area contributed by atoms with E-state index in [4.69, 9.17) is 0 Å². The third-order valence-corrected chi connectivity index (χ3v) is 7.72. The van der Waals surface area contributed by atoms with Crippen molar-refractivity contribution in [2.24, 2.45) is 5.41 Å². The molecule has 38 heavy (non-hydrogen) atoms. The van der Waals surface area contributed by atoms with Crippen molar-refractivity contribution in [3.63, 3.8) is 0 Å². The van der Waals surface area contributed by atoms with Crippen LogP contribution in [0.15, 0.2) is 42.5 Å². The minimum Gasteiger partial charge on any atom is -0.480 e. The molecule has 2 fully saturated rings. The van der Waals surface area contributed by atoms with E-state index in [0.29, 0.717) is 38.0 Å². The average molecular weight is 527 g/mol. The molecule has 0 aromatic heterocycles. The van der Waals surface area contributed by atoms with E-state index in [0.717, 1.165) is 0 Å². The molecule has 0 radical (unpaired) electrons. The number of alkyl halides is 2. The summed E-state index contributed by atoms with van der Waals surface area (Å²) < 4.78 is 29.6. The molecular formula is C27H28F2N4O5. The van der Waals surface area contributed by atoms with Crippen LogP contribution in [0, 0.1) is 5.41 Å². The first-order valence-corrected chi connectivity index (χ1v) is 12.4. The smallest absolute Gasteiger partial charge is 0.326 e. The van der Waals surface area contributed by atoms with Gasteiger partial charge in [0, 0.05) is 54.7 Å². The van der Waals surface area contributed by atoms with Crippen molar-refractivity contribution in [2.75, 3.05) is 26.2 Å². The van der Waals surface area contributed by atoms with Crippen molar-refractivity contribution in [3.8, 4) is 11.1 Å². The van der Waals surface area contributed by atoms with Gasteiger partial charge in [-0.2, -0.15) is 8.78 Å². The molecule has 2 aromatic carbocycles. The van der Waals surface area contributed by atoms with Crippen LogP contribution in [0.4, 0.5) is 8.78 Å². The summed E-state index contributed by atoms with van der Waals surface area (Å²) in [6, 6.07) is 8.81. The van der Waals surface area contributed by atoms with Crippen molar-refractivity contribution < 1.29 is 33.1 Å². The van der Waals surface area contributed by atoms with E-state index in [1.807, 2.05) is 0 Å². The average Bonchev–Trinajstić information content (AvgIpc) is 3.40. The number of benzene rings is 2. The van der Waals surface area contributed by atoms with Gasteiger partial charge in [0.15, 0.2) is 0 Å². The summed E-state index contributed by atoms with van der Waals surface area (Å²) in [5.41, 5.74) is 0.110. The molecule has 200 valence electrons. The van der Waals surface area contributed by atoms with Crippen molar-refractivity contribution in [1.82, 2.24) is 20.9 Å². The first-order valence-electron chi connectivity index (χ1n) is 12.4. The van der Waals surface area contributed by atoms with Gasteiger partial charge in [-0.1, -0.05) is 30.3 Å². The first kappa shape index (κ1) is 25.8. The van der Waals surface area contributed by atoms with E-state index in [9.17, 15) is 33.1 Å². The summed E-state index contributed by atoms with van der Waals surface area (Å²) in [6.07, 6.45) is 0.959. The number of fused-ring (bicyclic) bond motifs is 4. The van der Waals surface area contributed by atoms with Crippen LogP contribution in [0.2, 0.25) is 0 Å². The van der Waals surface area contributed by atoms with E-state index in [-0.39, 0.29) is 39.6 Å². The van der Waals surface area contributed by atoms with Crippen LogP contribution in [0.5, 0.6) is 0 Å². The summed E-state index contributed by atoms with van der Waals surface area (Å²) >= 11 is 0. The van der Waals surface area contributed by atoms with Crippen LogP contribution in [0.25, 0.3) is 11.1 Å². The molecule has 3 atom stereocenters. The molecule has 9 nitrogen and oxygen atoms in total. The molecule has 5 rings (SSSR count). The maximum atomic E-state index is 14.8. The number of rotatable bonds is 9. The SMILES string of the molecule is CC(=O)NCCNC[C@@]12C[C@@H]1N(C(=O)CNC(=O)c1ccc3c(c1)-c1ccccc1C3(F)F)[C@H](C(=O)O)C2. The molecule has 3 aliphatic rings. The molecule has 2 aromatic rings. The summed E-state index contributed by atoms with van der Waals surface area (Å²) in [5.74, 6) is -5.52. The number of nitrogens with zero attached hydrogens (tertiary/aromatic N) is 1. The molecule has 1 heterocycles. The predicted octanol–water partition coefficient (Wildman–Crippen LogP) is 1.71. The highest BCUT2D eigenvalue weighted by Gasteiger charge is 2.66. The van der Waals surface area contributed by atoms with Crippen molar-refractivity contribution >= 4 is 23.7 Å². The molecule has 0 bridgehead atoms. The maximum absolute atomic E-state index is 14.8. The number of carbonyl (C=O) groups is 4. The van der Waals surface area contributed by atoms with Gasteiger partial charge >= 0.3 is 5.97 Å². The van der Waals surface area contributed by atoms with Gasteiger partial charge < -0.3 is 26.0 Å². The Morgan fingerprint density at radius 1 is 1.00 bits per heavy atom. The number of carbonyl (C=O) groups excluding carboxylic acids is 3. The zero-order valence-corrected chi connectivity index (χ0v) is 20.7. The monoisotopic (exact) mass is 526 g/mol. The van der Waals surface area contributed by atoms with E-state index in [1.165, 1.54) is 42.2 Å². The minimum atomic E-state index is -3.16. The lowest BCUT2D eigenvalue weighted by molar-refractivity contribution is -0.149. The largest absolute Gasteiger partial charge is 0.480 e. The van der Waals surface area contributed by atoms with Crippen LogP contribution < -0.4 is 16.0 Å². The summed E-state index contributed by atoms with van der Waals surface area (Å²) in [7, 11) is 0. The maximum Gasteiger partial charge on any atom is 0.326 e. The number of likely N-dealkylation sites (tertiary alicyclic amines) is 1. The molecule has 3 amide bonds. The van der Waals surface area contributed by atoms with Gasteiger partial charge in [-0.3, -0.25) is 14.4 Å². The Labute approximate surface area is 217 Å². The first-order chi connectivity index (χ1) is 18.0. The number of amides is 3. The Bertz CT molecular complexity index is 1330. The minimum absolute atomic E-state index is 0.117. The Morgan fingerprint density at radius 2 is 1.74 bits per heavy atom. The molecule has 2 aliphatic carbocycles. The quantitative estimate of drug-likeness (QED) is 0.369. The number of carboxylic acid groups (broad SMARTS) is 1. The number of halogens is 2. The second-order valence-electron chi connectivity index (χ2n) is 10.2. The highest BCUT2D eigenvalue weighted by molar-refractivity contribution is 5.99. The van der Waals surface area contributed by atoms with Crippen molar-refractivity contribution in [1.29, 1.82) is 0 Å². The van der Waals surface area contributed by atoms with Gasteiger partial charge in [-0.25, -0.2) is 4.79 Å². The van der Waals surface area contributed by atoms with Crippen LogP contribution in [0.3, 0.4) is 0 Å². The fourth-order valence-electron chi connectivity index (χ4n) is 5.79. The molecule has 1 saturated carbocycles. The highest BCUT2D eigenvalue weighted by Crippen LogP contribution is 2.59. The number of hydrogen-bond acceptors (Lipinski definition) is 5. The molecule has 1 saturated heterocycles. The van der Waals surface area contributed by atoms with E-state index in [2.05, 4.69) is 16.0 Å². The summed E-state index contributed by atoms with van der Waals surface area (Å²) in [4.78, 5) is 50.1. The molecule has 0 spiro atoms. The third kappa shape index (κ3) is 4.40. The van der Waals surface area contributed by atoms with E-state index >= 15 is 0 Å². The van der Waals surface area contributed by atoms with Crippen molar-refractivity contribution in [3.05, 3.63) is 59.2 Å². The molecule has 11 heteroatoms. The second kappa shape index (κ2) is 9.46. The van der Waals surface area contributed by atoms with Crippen LogP contribution in [0.1, 0.15) is 41.3 Å². The fourth-order valence-corrected chi connectivity index (χ4v) is 5.79. The third-order valence-electron chi connectivity index (χ3n) is 7.72. The van der Waals surface area contributed by atoms with Gasteiger partial charge in [0.05, 0.1) is 6.54 Å². The van der Waals surface area contributed by atoms with Gasteiger partial charge in [0.2, 0.25) is 11.8 Å². The van der Waals surface area contributed by atoms with Crippen molar-refractivity contribution in [2.45, 2.75) is 37.8 Å². The van der Waals surface area contributed by atoms with E-state index in [1.54, 1.807) is 12.1 Å². The number of piperidine rings is 1. The zero-order chi connectivity index (χ0) is 27.2. The Kier molecular flexibility index (Phi) is 6.42. The van der Waals surface area contributed by atoms with Gasteiger partial charge in [0.25, 0.3) is 11.8 Å². The lowest BCUT2D eigenvalue weighted by atomic mass is 9.99. The van der Waals surface area contributed by atoms with Crippen LogP contribution in [-0.2, 0) is 20.3 Å². The number of carboxylic acids is 1. The van der Waals surface area contributed by atoms with Gasteiger partial charge in [0.1, 0.15) is 6.04 Å². The second-order valence-corrected chi connectivity index (χ2v) is 10.2. The molecule has 0 unspecified atom stereocenters.